The average molecular weight is 388 g/mol. The average Bonchev–Trinajstić information content (AvgIpc) is 2.42. The summed E-state index contributed by atoms with van der Waals surface area (Å²) in [7, 11) is -4.41. The van der Waals surface area contributed by atoms with Crippen molar-refractivity contribution in [3.8, 4) is 0 Å². The van der Waals surface area contributed by atoms with Crippen molar-refractivity contribution in [1.29, 1.82) is 0 Å². The van der Waals surface area contributed by atoms with Gasteiger partial charge in [0.25, 0.3) is 0 Å². The molecule has 0 bridgehead atoms. The van der Waals surface area contributed by atoms with Crippen LogP contribution in [0.15, 0.2) is 0 Å². The van der Waals surface area contributed by atoms with E-state index in [0.717, 1.165) is 51.4 Å². The van der Waals surface area contributed by atoms with Crippen LogP contribution in [0.3, 0.4) is 0 Å². The molecular weight excluding hydrogens is 353 g/mol. The fraction of sp³-hybridized carbons (Fsp3) is 1.00. The van der Waals surface area contributed by atoms with Gasteiger partial charge in [0.05, 0.1) is 6.10 Å². The van der Waals surface area contributed by atoms with E-state index in [4.69, 9.17) is 4.52 Å². The predicted molar refractivity (Wildman–Crippen MR) is 88.1 cm³/mol. The summed E-state index contributed by atoms with van der Waals surface area (Å²) < 4.78 is 16.5. The van der Waals surface area contributed by atoms with Crippen LogP contribution < -0.4 is 0 Å². The summed E-state index contributed by atoms with van der Waals surface area (Å²) in [4.78, 5) is 18.4. The molecule has 4 nitrogen and oxygen atoms in total. The van der Waals surface area contributed by atoms with E-state index < -0.39 is 7.82 Å². The van der Waals surface area contributed by atoms with E-state index in [1.807, 2.05) is 0 Å². The molecule has 0 saturated carbocycles. The molecule has 0 aliphatic carbocycles. The third-order valence-electron chi connectivity index (χ3n) is 4.36. The standard InChI is InChI=1S/C16H35O4P.Zn/c1-5-9-11-14(7-3)13-16(20-21(17,18)19)15(8-4)12-10-6-2;/h14-16H,5-13H2,1-4H3,(H2,17,18,19);. The maximum absolute atomic E-state index is 11.3. The van der Waals surface area contributed by atoms with Gasteiger partial charge in [-0.1, -0.05) is 72.6 Å². The van der Waals surface area contributed by atoms with Crippen LogP contribution in [0, 0.1) is 11.8 Å². The van der Waals surface area contributed by atoms with Gasteiger partial charge in [0.2, 0.25) is 0 Å². The normalized spacial score (nSPS) is 15.9. The van der Waals surface area contributed by atoms with Gasteiger partial charge in [-0.3, -0.25) is 4.52 Å². The Morgan fingerprint density at radius 1 is 0.955 bits per heavy atom. The molecule has 0 amide bonds. The Hall–Kier alpha value is 0.733. The first kappa shape index (κ1) is 25.0. The van der Waals surface area contributed by atoms with Crippen LogP contribution in [-0.4, -0.2) is 15.9 Å². The molecule has 22 heavy (non-hydrogen) atoms. The molecule has 0 radical (unpaired) electrons. The van der Waals surface area contributed by atoms with Gasteiger partial charge < -0.3 is 9.79 Å². The largest absolute Gasteiger partial charge is 0.469 e. The summed E-state index contributed by atoms with van der Waals surface area (Å²) in [5.41, 5.74) is 0. The van der Waals surface area contributed by atoms with E-state index in [-0.39, 0.29) is 31.5 Å². The molecule has 130 valence electrons. The van der Waals surface area contributed by atoms with Crippen molar-refractivity contribution in [2.24, 2.45) is 11.8 Å². The van der Waals surface area contributed by atoms with Gasteiger partial charge in [-0.25, -0.2) is 4.57 Å². The van der Waals surface area contributed by atoms with Gasteiger partial charge in [0.1, 0.15) is 0 Å². The monoisotopic (exact) mass is 386 g/mol. The van der Waals surface area contributed by atoms with E-state index in [1.54, 1.807) is 0 Å². The van der Waals surface area contributed by atoms with E-state index in [0.29, 0.717) is 5.92 Å². The smallest absolute Gasteiger partial charge is 0.303 e. The molecule has 2 N–H and O–H groups in total. The van der Waals surface area contributed by atoms with Crippen LogP contribution in [0.1, 0.15) is 85.5 Å². The van der Waals surface area contributed by atoms with E-state index in [1.165, 1.54) is 6.42 Å². The van der Waals surface area contributed by atoms with Crippen LogP contribution in [0.2, 0.25) is 0 Å². The van der Waals surface area contributed by atoms with Crippen LogP contribution in [-0.2, 0) is 28.6 Å². The van der Waals surface area contributed by atoms with Crippen LogP contribution >= 0.6 is 7.82 Å². The van der Waals surface area contributed by atoms with Gasteiger partial charge in [-0.15, -0.1) is 0 Å². The molecule has 0 rings (SSSR count). The minimum Gasteiger partial charge on any atom is -0.303 e. The minimum atomic E-state index is -4.41. The molecule has 0 saturated heterocycles. The summed E-state index contributed by atoms with van der Waals surface area (Å²) in [5, 5.41) is 0. The Morgan fingerprint density at radius 3 is 1.91 bits per heavy atom. The Bertz CT molecular complexity index is 296. The second kappa shape index (κ2) is 14.1. The minimum absolute atomic E-state index is 0. The summed E-state index contributed by atoms with van der Waals surface area (Å²) in [6.07, 6.45) is 9.05. The van der Waals surface area contributed by atoms with Crippen molar-refractivity contribution in [1.82, 2.24) is 0 Å². The molecule has 0 aliphatic rings. The number of rotatable bonds is 13. The van der Waals surface area contributed by atoms with Crippen molar-refractivity contribution < 1.29 is 38.4 Å². The molecule has 0 heterocycles. The van der Waals surface area contributed by atoms with Crippen molar-refractivity contribution in [2.45, 2.75) is 91.6 Å². The van der Waals surface area contributed by atoms with E-state index in [2.05, 4.69) is 27.7 Å². The molecule has 0 spiro atoms. The van der Waals surface area contributed by atoms with Crippen LogP contribution in [0.4, 0.5) is 0 Å². The summed E-state index contributed by atoms with van der Waals surface area (Å²) in [6.45, 7) is 8.55. The molecular formula is C16H35O4PZn. The third kappa shape index (κ3) is 12.2. The zero-order valence-corrected chi connectivity index (χ0v) is 18.8. The predicted octanol–water partition coefficient (Wildman–Crippen LogP) is 5.28. The maximum atomic E-state index is 11.3. The number of hydrogen-bond acceptors (Lipinski definition) is 2. The van der Waals surface area contributed by atoms with Gasteiger partial charge in [0, 0.05) is 19.5 Å². The van der Waals surface area contributed by atoms with Gasteiger partial charge in [-0.2, -0.15) is 0 Å². The van der Waals surface area contributed by atoms with Gasteiger partial charge in [0.15, 0.2) is 0 Å². The van der Waals surface area contributed by atoms with Crippen molar-refractivity contribution in [2.75, 3.05) is 0 Å². The van der Waals surface area contributed by atoms with Gasteiger partial charge in [-0.05, 0) is 24.7 Å². The molecule has 3 atom stereocenters. The zero-order chi connectivity index (χ0) is 16.3. The van der Waals surface area contributed by atoms with Crippen molar-refractivity contribution >= 4 is 7.82 Å². The molecule has 0 aromatic rings. The zero-order valence-electron chi connectivity index (χ0n) is 15.0. The van der Waals surface area contributed by atoms with E-state index in [9.17, 15) is 14.4 Å². The topological polar surface area (TPSA) is 66.8 Å². The first-order valence-corrected chi connectivity index (χ1v) is 10.1. The third-order valence-corrected chi connectivity index (χ3v) is 4.91. The molecule has 3 unspecified atom stereocenters. The quantitative estimate of drug-likeness (QED) is 0.333. The van der Waals surface area contributed by atoms with Crippen LogP contribution in [0.25, 0.3) is 0 Å². The van der Waals surface area contributed by atoms with Gasteiger partial charge >= 0.3 is 7.82 Å². The molecule has 0 fully saturated rings. The molecule has 0 aromatic carbocycles. The Morgan fingerprint density at radius 2 is 1.50 bits per heavy atom. The summed E-state index contributed by atoms with van der Waals surface area (Å²) in [6, 6.07) is 0. The Kier molecular flexibility index (Phi) is 16.0. The summed E-state index contributed by atoms with van der Waals surface area (Å²) in [5.74, 6) is 0.741. The summed E-state index contributed by atoms with van der Waals surface area (Å²) >= 11 is 0. The number of phosphoric ester groups is 1. The Labute approximate surface area is 149 Å². The number of phosphoric acid groups is 1. The molecule has 6 heteroatoms. The van der Waals surface area contributed by atoms with E-state index >= 15 is 0 Å². The van der Waals surface area contributed by atoms with Crippen molar-refractivity contribution in [3.05, 3.63) is 0 Å². The van der Waals surface area contributed by atoms with Crippen LogP contribution in [0.5, 0.6) is 0 Å². The second-order valence-corrected chi connectivity index (χ2v) is 7.29. The second-order valence-electron chi connectivity index (χ2n) is 6.10. The first-order valence-electron chi connectivity index (χ1n) is 8.61. The fourth-order valence-corrected chi connectivity index (χ4v) is 3.54. The van der Waals surface area contributed by atoms with Crippen molar-refractivity contribution in [3.63, 3.8) is 0 Å². The number of hydrogen-bond donors (Lipinski definition) is 2. The molecule has 0 aliphatic heterocycles. The first-order chi connectivity index (χ1) is 9.87. The number of unbranched alkanes of at least 4 members (excludes halogenated alkanes) is 2. The maximum Gasteiger partial charge on any atom is 0.469 e. The fourth-order valence-electron chi connectivity index (χ4n) is 2.93. The molecule has 0 aromatic heterocycles. The Balaban J connectivity index is 0. The SMILES string of the molecule is CCCCC(CC)CC(OP(=O)(O)O)C(CC)CCCC.[Zn].